The fourth-order valence-electron chi connectivity index (χ4n) is 6.89. The van der Waals surface area contributed by atoms with Crippen LogP contribution in [0.1, 0.15) is 87.7 Å². The van der Waals surface area contributed by atoms with Crippen molar-refractivity contribution in [3.63, 3.8) is 0 Å². The van der Waals surface area contributed by atoms with Gasteiger partial charge in [-0.1, -0.05) is 12.1 Å². The SMILES string of the molecule is CC(C)NC(=O)C1CCC(N2C(=NC(=O)c3cc(F)cc(F)c3)Cc3ccc(CN4CCC(C(C)(C)O)CC4)cc32)CC1. The molecular formula is C34H44F2N4O3. The first kappa shape index (κ1) is 31.3. The largest absolute Gasteiger partial charge is 0.390 e. The second-order valence-electron chi connectivity index (χ2n) is 13.4. The molecule has 0 bridgehead atoms. The Kier molecular flexibility index (Phi) is 9.32. The van der Waals surface area contributed by atoms with Gasteiger partial charge >= 0.3 is 0 Å². The highest BCUT2D eigenvalue weighted by Gasteiger charge is 2.37. The zero-order chi connectivity index (χ0) is 30.9. The Morgan fingerprint density at radius 2 is 1.65 bits per heavy atom. The van der Waals surface area contributed by atoms with Crippen LogP contribution < -0.4 is 10.2 Å². The van der Waals surface area contributed by atoms with E-state index in [-0.39, 0.29) is 29.5 Å². The van der Waals surface area contributed by atoms with Crippen LogP contribution in [0.4, 0.5) is 14.5 Å². The van der Waals surface area contributed by atoms with E-state index in [1.165, 1.54) is 0 Å². The van der Waals surface area contributed by atoms with Gasteiger partial charge in [0.2, 0.25) is 5.91 Å². The van der Waals surface area contributed by atoms with Gasteiger partial charge in [-0.3, -0.25) is 14.5 Å². The third-order valence-electron chi connectivity index (χ3n) is 9.23. The lowest BCUT2D eigenvalue weighted by Crippen LogP contribution is -2.44. The van der Waals surface area contributed by atoms with E-state index in [1.54, 1.807) is 0 Å². The van der Waals surface area contributed by atoms with E-state index in [9.17, 15) is 23.5 Å². The number of rotatable bonds is 7. The van der Waals surface area contributed by atoms with Crippen molar-refractivity contribution in [2.24, 2.45) is 16.8 Å². The standard InChI is InChI=1S/C34H44F2N4O3/c1-21(2)37-32(41)23-7-9-29(10-8-23)40-30-15-22(20-39-13-11-26(12-14-39)34(3,4)43)5-6-24(30)18-31(40)38-33(42)25-16-27(35)19-28(36)17-25/h5-6,15-17,19,21,23,26,29,43H,7-14,18,20H2,1-4H3,(H,37,41). The molecule has 2 N–H and O–H groups in total. The summed E-state index contributed by atoms with van der Waals surface area (Å²) >= 11 is 0. The molecule has 3 aliphatic rings. The minimum Gasteiger partial charge on any atom is -0.390 e. The Morgan fingerprint density at radius 3 is 2.26 bits per heavy atom. The Balaban J connectivity index is 1.38. The van der Waals surface area contributed by atoms with Gasteiger partial charge in [-0.15, -0.1) is 0 Å². The number of aliphatic hydroxyl groups is 1. The highest BCUT2D eigenvalue weighted by Crippen LogP contribution is 2.38. The molecule has 2 aromatic rings. The maximum atomic E-state index is 13.9. The fraction of sp³-hybridized carbons (Fsp3) is 0.559. The van der Waals surface area contributed by atoms with Crippen LogP contribution in [0.3, 0.4) is 0 Å². The normalized spacial score (nSPS) is 22.7. The average molecular weight is 595 g/mol. The van der Waals surface area contributed by atoms with Gasteiger partial charge in [0.15, 0.2) is 0 Å². The highest BCUT2D eigenvalue weighted by molar-refractivity contribution is 6.12. The predicted molar refractivity (Wildman–Crippen MR) is 164 cm³/mol. The molecule has 9 heteroatoms. The van der Waals surface area contributed by atoms with E-state index in [1.807, 2.05) is 27.7 Å². The second kappa shape index (κ2) is 12.8. The molecule has 0 spiro atoms. The molecule has 0 aromatic heterocycles. The molecule has 43 heavy (non-hydrogen) atoms. The number of hydrogen-bond donors (Lipinski definition) is 2. The summed E-state index contributed by atoms with van der Waals surface area (Å²) in [6.07, 6.45) is 5.37. The van der Waals surface area contributed by atoms with Crippen molar-refractivity contribution in [2.45, 2.75) is 96.9 Å². The third kappa shape index (κ3) is 7.50. The van der Waals surface area contributed by atoms with Gasteiger partial charge in [0, 0.05) is 48.3 Å². The summed E-state index contributed by atoms with van der Waals surface area (Å²) in [5.74, 6) is -1.40. The lowest BCUT2D eigenvalue weighted by molar-refractivity contribution is -0.126. The van der Waals surface area contributed by atoms with Gasteiger partial charge in [0.25, 0.3) is 5.91 Å². The number of amidine groups is 1. The summed E-state index contributed by atoms with van der Waals surface area (Å²) in [4.78, 5) is 34.8. The summed E-state index contributed by atoms with van der Waals surface area (Å²) in [5, 5.41) is 13.5. The van der Waals surface area contributed by atoms with Crippen LogP contribution in [-0.2, 0) is 17.8 Å². The highest BCUT2D eigenvalue weighted by atomic mass is 19.1. The zero-order valence-corrected chi connectivity index (χ0v) is 25.7. The molecule has 0 unspecified atom stereocenters. The lowest BCUT2D eigenvalue weighted by atomic mass is 9.83. The lowest BCUT2D eigenvalue weighted by Gasteiger charge is -2.38. The summed E-state index contributed by atoms with van der Waals surface area (Å²) in [6.45, 7) is 10.3. The van der Waals surface area contributed by atoms with Crippen LogP contribution in [0.15, 0.2) is 41.4 Å². The number of aliphatic imine (C=N–C) groups is 1. The van der Waals surface area contributed by atoms with E-state index < -0.39 is 23.1 Å². The minimum absolute atomic E-state index is 0.0452. The maximum absolute atomic E-state index is 13.9. The van der Waals surface area contributed by atoms with Gasteiger partial charge < -0.3 is 15.3 Å². The third-order valence-corrected chi connectivity index (χ3v) is 9.23. The van der Waals surface area contributed by atoms with Crippen molar-refractivity contribution in [1.82, 2.24) is 10.2 Å². The topological polar surface area (TPSA) is 85.2 Å². The van der Waals surface area contributed by atoms with E-state index in [0.717, 1.165) is 93.2 Å². The van der Waals surface area contributed by atoms with Crippen LogP contribution >= 0.6 is 0 Å². The summed E-state index contributed by atoms with van der Waals surface area (Å²) < 4.78 is 27.8. The van der Waals surface area contributed by atoms with Crippen LogP contribution in [-0.4, -0.2) is 58.4 Å². The van der Waals surface area contributed by atoms with E-state index >= 15 is 0 Å². The van der Waals surface area contributed by atoms with E-state index in [2.05, 4.69) is 38.3 Å². The van der Waals surface area contributed by atoms with Crippen LogP contribution in [0, 0.1) is 23.5 Å². The maximum Gasteiger partial charge on any atom is 0.278 e. The summed E-state index contributed by atoms with van der Waals surface area (Å²) in [7, 11) is 0. The number of benzene rings is 2. The average Bonchev–Trinajstić information content (AvgIpc) is 3.29. The van der Waals surface area contributed by atoms with Gasteiger partial charge in [0.1, 0.15) is 17.5 Å². The van der Waals surface area contributed by atoms with E-state index in [4.69, 9.17) is 0 Å². The Hall–Kier alpha value is -3.17. The first-order valence-electron chi connectivity index (χ1n) is 15.6. The number of carbonyl (C=O) groups excluding carboxylic acids is 2. The van der Waals surface area contributed by atoms with E-state index in [0.29, 0.717) is 18.2 Å². The number of carbonyl (C=O) groups is 2. The van der Waals surface area contributed by atoms with Crippen molar-refractivity contribution in [3.8, 4) is 0 Å². The van der Waals surface area contributed by atoms with Gasteiger partial charge in [0.05, 0.1) is 5.60 Å². The molecule has 5 rings (SSSR count). The molecule has 2 aromatic carbocycles. The zero-order valence-electron chi connectivity index (χ0n) is 25.7. The van der Waals surface area contributed by atoms with Crippen molar-refractivity contribution < 1.29 is 23.5 Å². The number of anilines is 1. The molecule has 1 saturated carbocycles. The minimum atomic E-state index is -0.815. The first-order chi connectivity index (χ1) is 20.4. The molecule has 2 aliphatic heterocycles. The molecule has 232 valence electrons. The monoisotopic (exact) mass is 594 g/mol. The smallest absolute Gasteiger partial charge is 0.278 e. The van der Waals surface area contributed by atoms with Gasteiger partial charge in [-0.05, 0) is 115 Å². The quantitative estimate of drug-likeness (QED) is 0.434. The van der Waals surface area contributed by atoms with Crippen molar-refractivity contribution in [2.75, 3.05) is 18.0 Å². The molecule has 2 fully saturated rings. The molecule has 2 amide bonds. The number of fused-ring (bicyclic) bond motifs is 1. The van der Waals surface area contributed by atoms with Crippen molar-refractivity contribution in [3.05, 3.63) is 64.7 Å². The van der Waals surface area contributed by atoms with Crippen molar-refractivity contribution >= 4 is 23.3 Å². The number of piperidine rings is 1. The van der Waals surface area contributed by atoms with Crippen LogP contribution in [0.2, 0.25) is 0 Å². The molecular weight excluding hydrogens is 550 g/mol. The molecule has 1 saturated heterocycles. The van der Waals surface area contributed by atoms with Crippen molar-refractivity contribution in [1.29, 1.82) is 0 Å². The molecule has 1 aliphatic carbocycles. The number of halogens is 2. The van der Waals surface area contributed by atoms with Crippen LogP contribution in [0.25, 0.3) is 0 Å². The number of nitrogens with zero attached hydrogens (tertiary/aromatic N) is 3. The Labute approximate surface area is 253 Å². The Morgan fingerprint density at radius 1 is 1.00 bits per heavy atom. The first-order valence-corrected chi connectivity index (χ1v) is 15.6. The van der Waals surface area contributed by atoms with Crippen LogP contribution in [0.5, 0.6) is 0 Å². The Bertz CT molecular complexity index is 1350. The summed E-state index contributed by atoms with van der Waals surface area (Å²) in [6, 6.07) is 9.31. The number of likely N-dealkylation sites (tertiary alicyclic amines) is 1. The molecule has 7 nitrogen and oxygen atoms in total. The second-order valence-corrected chi connectivity index (χ2v) is 13.4. The van der Waals surface area contributed by atoms with Gasteiger partial charge in [-0.2, -0.15) is 4.99 Å². The summed E-state index contributed by atoms with van der Waals surface area (Å²) in [5.41, 5.74) is 2.44. The van der Waals surface area contributed by atoms with Gasteiger partial charge in [-0.25, -0.2) is 8.78 Å². The predicted octanol–water partition coefficient (Wildman–Crippen LogP) is 5.63. The number of hydrogen-bond acceptors (Lipinski definition) is 4. The number of nitrogens with one attached hydrogen (secondary N) is 1. The molecule has 0 atom stereocenters. The fourth-order valence-corrected chi connectivity index (χ4v) is 6.89. The molecule has 0 radical (unpaired) electrons. The molecule has 2 heterocycles. The number of amides is 2.